The number of aliphatic hydroxyl groups is 4. The van der Waals surface area contributed by atoms with Crippen LogP contribution >= 0.6 is 0 Å². The van der Waals surface area contributed by atoms with Crippen LogP contribution in [0.1, 0.15) is 10.4 Å². The molecule has 1 saturated heterocycles. The third-order valence-electron chi connectivity index (χ3n) is 4.17. The van der Waals surface area contributed by atoms with Crippen molar-refractivity contribution in [1.29, 1.82) is 0 Å². The number of hydrogen-bond donors (Lipinski definition) is 5. The zero-order valence-corrected chi connectivity index (χ0v) is 13.0. The molecule has 8 nitrogen and oxygen atoms in total. The highest BCUT2D eigenvalue weighted by Gasteiger charge is 2.45. The van der Waals surface area contributed by atoms with Gasteiger partial charge in [0, 0.05) is 0 Å². The van der Waals surface area contributed by atoms with E-state index in [1.807, 2.05) is 0 Å². The second-order valence-corrected chi connectivity index (χ2v) is 5.82. The number of carboxylic acids is 1. The summed E-state index contributed by atoms with van der Waals surface area (Å²) in [6.45, 7) is -0.603. The van der Waals surface area contributed by atoms with Crippen LogP contribution in [0, 0.1) is 0 Å². The molecule has 0 saturated carbocycles. The van der Waals surface area contributed by atoms with E-state index >= 15 is 0 Å². The Labute approximate surface area is 142 Å². The van der Waals surface area contributed by atoms with E-state index in [0.717, 1.165) is 0 Å². The van der Waals surface area contributed by atoms with E-state index in [1.54, 1.807) is 24.3 Å². The van der Waals surface area contributed by atoms with Gasteiger partial charge in [-0.05, 0) is 22.9 Å². The Morgan fingerprint density at radius 1 is 1.04 bits per heavy atom. The molecule has 0 unspecified atom stereocenters. The molecular weight excluding hydrogens is 332 g/mol. The van der Waals surface area contributed by atoms with Crippen molar-refractivity contribution in [2.24, 2.45) is 0 Å². The zero-order valence-electron chi connectivity index (χ0n) is 13.0. The van der Waals surface area contributed by atoms with Crippen molar-refractivity contribution in [3.8, 4) is 5.75 Å². The molecule has 1 aliphatic heterocycles. The third-order valence-corrected chi connectivity index (χ3v) is 4.17. The zero-order chi connectivity index (χ0) is 18.1. The molecule has 0 aliphatic carbocycles. The van der Waals surface area contributed by atoms with Crippen molar-refractivity contribution in [3.63, 3.8) is 0 Å². The Balaban J connectivity index is 1.96. The number of carboxylic acid groups (broad SMARTS) is 1. The Bertz CT molecular complexity index is 774. The molecule has 0 radical (unpaired) electrons. The number of ether oxygens (including phenoxy) is 2. The van der Waals surface area contributed by atoms with E-state index in [-0.39, 0.29) is 11.3 Å². The number of carbonyl (C=O) groups is 1. The van der Waals surface area contributed by atoms with Crippen LogP contribution in [0.3, 0.4) is 0 Å². The molecule has 2 aromatic carbocycles. The molecule has 0 amide bonds. The van der Waals surface area contributed by atoms with E-state index in [0.29, 0.717) is 10.8 Å². The topological polar surface area (TPSA) is 137 Å². The Morgan fingerprint density at radius 3 is 2.28 bits per heavy atom. The highest BCUT2D eigenvalue weighted by molar-refractivity contribution is 5.97. The maximum atomic E-state index is 11.5. The van der Waals surface area contributed by atoms with Gasteiger partial charge in [-0.1, -0.05) is 24.3 Å². The molecule has 0 aromatic heterocycles. The summed E-state index contributed by atoms with van der Waals surface area (Å²) in [5.74, 6) is -1.29. The van der Waals surface area contributed by atoms with Crippen molar-refractivity contribution >= 4 is 16.7 Å². The van der Waals surface area contributed by atoms with Gasteiger partial charge in [0.2, 0.25) is 6.29 Å². The minimum atomic E-state index is -1.62. The average molecular weight is 350 g/mol. The van der Waals surface area contributed by atoms with Gasteiger partial charge in [-0.3, -0.25) is 0 Å². The van der Waals surface area contributed by atoms with Gasteiger partial charge < -0.3 is 35.0 Å². The molecule has 1 heterocycles. The largest absolute Gasteiger partial charge is 0.478 e. The van der Waals surface area contributed by atoms with Gasteiger partial charge in [0.1, 0.15) is 35.7 Å². The summed E-state index contributed by atoms with van der Waals surface area (Å²) in [5, 5.41) is 49.6. The molecule has 134 valence electrons. The molecule has 8 heteroatoms. The molecule has 0 bridgehead atoms. The van der Waals surface area contributed by atoms with Crippen LogP contribution in [0.15, 0.2) is 36.4 Å². The predicted molar refractivity (Wildman–Crippen MR) is 85.3 cm³/mol. The van der Waals surface area contributed by atoms with Crippen molar-refractivity contribution in [2.75, 3.05) is 6.61 Å². The first-order valence-electron chi connectivity index (χ1n) is 7.65. The standard InChI is InChI=1S/C17H18O8/c18-7-12-13(19)14(20)15(21)17(25-12)24-11-6-9-4-2-1-3-8(9)5-10(11)16(22)23/h1-6,12-15,17-21H,7H2,(H,22,23)/t12-,13-,14+,15-,17+/m1/s1. The van der Waals surface area contributed by atoms with Crippen molar-refractivity contribution in [1.82, 2.24) is 0 Å². The first-order chi connectivity index (χ1) is 11.9. The van der Waals surface area contributed by atoms with Crippen LogP contribution in [0.4, 0.5) is 0 Å². The summed E-state index contributed by atoms with van der Waals surface area (Å²) in [6, 6.07) is 9.98. The SMILES string of the molecule is O=C(O)c1cc2ccccc2cc1O[C@H]1O[C@H](CO)[C@@H](O)[C@H](O)[C@H]1O. The second-order valence-electron chi connectivity index (χ2n) is 5.82. The number of benzene rings is 2. The van der Waals surface area contributed by atoms with Gasteiger partial charge in [0.25, 0.3) is 0 Å². The Morgan fingerprint density at radius 2 is 1.68 bits per heavy atom. The van der Waals surface area contributed by atoms with Gasteiger partial charge >= 0.3 is 5.97 Å². The van der Waals surface area contributed by atoms with E-state index in [2.05, 4.69) is 0 Å². The lowest BCUT2D eigenvalue weighted by molar-refractivity contribution is -0.277. The highest BCUT2D eigenvalue weighted by Crippen LogP contribution is 2.30. The summed E-state index contributed by atoms with van der Waals surface area (Å²) in [5.41, 5.74) is -0.143. The number of aromatic carboxylic acids is 1. The van der Waals surface area contributed by atoms with Crippen molar-refractivity contribution in [2.45, 2.75) is 30.7 Å². The van der Waals surface area contributed by atoms with Crippen molar-refractivity contribution < 1.29 is 39.8 Å². The summed E-state index contributed by atoms with van der Waals surface area (Å²) in [7, 11) is 0. The van der Waals surface area contributed by atoms with Crippen LogP contribution in [0.25, 0.3) is 10.8 Å². The summed E-state index contributed by atoms with van der Waals surface area (Å²) < 4.78 is 10.7. The number of hydrogen-bond acceptors (Lipinski definition) is 7. The van der Waals surface area contributed by atoms with Crippen LogP contribution in [-0.2, 0) is 4.74 Å². The lowest BCUT2D eigenvalue weighted by Crippen LogP contribution is -2.60. The highest BCUT2D eigenvalue weighted by atomic mass is 16.7. The maximum absolute atomic E-state index is 11.5. The van der Waals surface area contributed by atoms with E-state index in [4.69, 9.17) is 9.47 Å². The molecule has 25 heavy (non-hydrogen) atoms. The number of aliphatic hydroxyl groups excluding tert-OH is 4. The molecule has 2 aromatic rings. The van der Waals surface area contributed by atoms with Gasteiger partial charge in [-0.25, -0.2) is 4.79 Å². The fraction of sp³-hybridized carbons (Fsp3) is 0.353. The lowest BCUT2D eigenvalue weighted by Gasteiger charge is -2.39. The summed E-state index contributed by atoms with van der Waals surface area (Å²) in [6.07, 6.45) is -7.34. The van der Waals surface area contributed by atoms with Crippen LogP contribution < -0.4 is 4.74 Å². The molecule has 0 spiro atoms. The van der Waals surface area contributed by atoms with Gasteiger partial charge in [-0.15, -0.1) is 0 Å². The molecule has 5 atom stereocenters. The van der Waals surface area contributed by atoms with Gasteiger partial charge in [0.15, 0.2) is 0 Å². The minimum Gasteiger partial charge on any atom is -0.478 e. The van der Waals surface area contributed by atoms with Crippen LogP contribution in [0.5, 0.6) is 5.75 Å². The molecule has 1 fully saturated rings. The summed E-state index contributed by atoms with van der Waals surface area (Å²) >= 11 is 0. The van der Waals surface area contributed by atoms with E-state index < -0.39 is 43.3 Å². The average Bonchev–Trinajstić information content (AvgIpc) is 2.61. The normalized spacial score (nSPS) is 29.5. The molecule has 5 N–H and O–H groups in total. The summed E-state index contributed by atoms with van der Waals surface area (Å²) in [4.78, 5) is 11.5. The van der Waals surface area contributed by atoms with Crippen LogP contribution in [-0.4, -0.2) is 68.8 Å². The minimum absolute atomic E-state index is 0.0597. The van der Waals surface area contributed by atoms with Crippen molar-refractivity contribution in [3.05, 3.63) is 42.0 Å². The fourth-order valence-corrected chi connectivity index (χ4v) is 2.77. The Kier molecular flexibility index (Phi) is 4.89. The number of fused-ring (bicyclic) bond motifs is 1. The second kappa shape index (κ2) is 6.95. The number of rotatable bonds is 4. The Hall–Kier alpha value is -2.23. The van der Waals surface area contributed by atoms with E-state index in [9.17, 15) is 30.3 Å². The molecule has 3 rings (SSSR count). The lowest BCUT2D eigenvalue weighted by atomic mass is 9.99. The quantitative estimate of drug-likeness (QED) is 0.508. The smallest absolute Gasteiger partial charge is 0.339 e. The van der Waals surface area contributed by atoms with Crippen LogP contribution in [0.2, 0.25) is 0 Å². The first kappa shape index (κ1) is 17.6. The maximum Gasteiger partial charge on any atom is 0.339 e. The van der Waals surface area contributed by atoms with Gasteiger partial charge in [0.05, 0.1) is 6.61 Å². The molecular formula is C17H18O8. The predicted octanol–water partition coefficient (Wildman–Crippen LogP) is -0.283. The van der Waals surface area contributed by atoms with Gasteiger partial charge in [-0.2, -0.15) is 0 Å². The third kappa shape index (κ3) is 3.30. The monoisotopic (exact) mass is 350 g/mol. The van der Waals surface area contributed by atoms with E-state index in [1.165, 1.54) is 12.1 Å². The fourth-order valence-electron chi connectivity index (χ4n) is 2.77. The molecule has 1 aliphatic rings. The first-order valence-corrected chi connectivity index (χ1v) is 7.65.